The number of halogens is 1. The number of benzene rings is 2. The van der Waals surface area contributed by atoms with Gasteiger partial charge in [-0.3, -0.25) is 9.79 Å². The molecule has 31 heavy (non-hydrogen) atoms. The van der Waals surface area contributed by atoms with Crippen molar-refractivity contribution < 1.29 is 14.3 Å². The highest BCUT2D eigenvalue weighted by molar-refractivity contribution is 14.0. The highest BCUT2D eigenvalue weighted by Gasteiger charge is 2.24. The van der Waals surface area contributed by atoms with Gasteiger partial charge in [0.1, 0.15) is 5.75 Å². The van der Waals surface area contributed by atoms with Crippen LogP contribution in [0, 0.1) is 0 Å². The Morgan fingerprint density at radius 1 is 1.16 bits per heavy atom. The molecule has 168 valence electrons. The summed E-state index contributed by atoms with van der Waals surface area (Å²) in [6.45, 7) is 2.65. The Labute approximate surface area is 201 Å². The number of carbonyl (C=O) groups is 1. The van der Waals surface area contributed by atoms with E-state index in [2.05, 4.69) is 27.0 Å². The number of nitrogens with zero attached hydrogens (tertiary/aromatic N) is 1. The second kappa shape index (κ2) is 13.2. The van der Waals surface area contributed by atoms with Gasteiger partial charge in [0.15, 0.2) is 5.96 Å². The van der Waals surface area contributed by atoms with Gasteiger partial charge < -0.3 is 25.4 Å². The van der Waals surface area contributed by atoms with Crippen LogP contribution in [0.3, 0.4) is 0 Å². The maximum atomic E-state index is 12.0. The lowest BCUT2D eigenvalue weighted by atomic mass is 9.90. The highest BCUT2D eigenvalue weighted by atomic mass is 127. The molecule has 0 aromatic heterocycles. The SMILES string of the molecule is CN=C(NCCCOCc1ccc(OC)cc1)NCC1CC(=O)Nc2ccccc21.I. The van der Waals surface area contributed by atoms with Crippen molar-refractivity contribution in [1.29, 1.82) is 0 Å². The molecule has 3 N–H and O–H groups in total. The fraction of sp³-hybridized carbons (Fsp3) is 0.391. The third-order valence-electron chi connectivity index (χ3n) is 5.03. The molecular weight excluding hydrogens is 507 g/mol. The summed E-state index contributed by atoms with van der Waals surface area (Å²) < 4.78 is 10.9. The molecule has 1 aliphatic heterocycles. The first kappa shape index (κ1) is 24.9. The van der Waals surface area contributed by atoms with Gasteiger partial charge >= 0.3 is 0 Å². The second-order valence-electron chi connectivity index (χ2n) is 7.17. The largest absolute Gasteiger partial charge is 0.497 e. The molecule has 3 rings (SSSR count). The van der Waals surface area contributed by atoms with Gasteiger partial charge in [-0.1, -0.05) is 30.3 Å². The van der Waals surface area contributed by atoms with Crippen molar-refractivity contribution >= 4 is 41.5 Å². The number of methoxy groups -OCH3 is 1. The summed E-state index contributed by atoms with van der Waals surface area (Å²) in [5.74, 6) is 1.76. The van der Waals surface area contributed by atoms with E-state index in [0.717, 1.165) is 41.5 Å². The Kier molecular flexibility index (Phi) is 10.6. The molecule has 8 heteroatoms. The van der Waals surface area contributed by atoms with Crippen LogP contribution >= 0.6 is 24.0 Å². The van der Waals surface area contributed by atoms with Crippen LogP contribution in [0.2, 0.25) is 0 Å². The zero-order valence-corrected chi connectivity index (χ0v) is 20.3. The van der Waals surface area contributed by atoms with E-state index >= 15 is 0 Å². The number of aliphatic imine (C=N–C) groups is 1. The molecule has 0 saturated carbocycles. The normalized spacial score (nSPS) is 15.4. The molecular formula is C23H31IN4O3. The van der Waals surface area contributed by atoms with Gasteiger partial charge in [-0.05, 0) is 35.7 Å². The van der Waals surface area contributed by atoms with Crippen LogP contribution in [0.15, 0.2) is 53.5 Å². The summed E-state index contributed by atoms with van der Waals surface area (Å²) in [5.41, 5.74) is 3.18. The standard InChI is InChI=1S/C23H30N4O3.HI/c1-24-23(25-12-5-13-30-16-17-8-10-19(29-2)11-9-17)26-15-18-14-22(28)27-21-7-4-3-6-20(18)21;/h3-4,6-11,18H,5,12-16H2,1-2H3,(H,27,28)(H2,24,25,26);1H. The summed E-state index contributed by atoms with van der Waals surface area (Å²) in [5, 5.41) is 9.56. The van der Waals surface area contributed by atoms with E-state index in [9.17, 15) is 4.79 Å². The van der Waals surface area contributed by atoms with E-state index in [1.54, 1.807) is 14.2 Å². The number of anilines is 1. The molecule has 0 fully saturated rings. The molecule has 0 radical (unpaired) electrons. The summed E-state index contributed by atoms with van der Waals surface area (Å²) in [6.07, 6.45) is 1.34. The molecule has 1 heterocycles. The minimum atomic E-state index is 0. The van der Waals surface area contributed by atoms with Crippen LogP contribution in [-0.4, -0.2) is 45.7 Å². The molecule has 1 aliphatic rings. The Balaban J connectivity index is 0.00000341. The molecule has 0 bridgehead atoms. The van der Waals surface area contributed by atoms with E-state index in [-0.39, 0.29) is 35.8 Å². The van der Waals surface area contributed by atoms with Gasteiger partial charge in [0.25, 0.3) is 0 Å². The molecule has 1 unspecified atom stereocenters. The number of nitrogens with one attached hydrogen (secondary N) is 3. The molecule has 2 aromatic rings. The number of ether oxygens (including phenoxy) is 2. The third kappa shape index (κ3) is 7.70. The van der Waals surface area contributed by atoms with Crippen molar-refractivity contribution in [2.45, 2.75) is 25.4 Å². The molecule has 2 aromatic carbocycles. The van der Waals surface area contributed by atoms with Crippen molar-refractivity contribution in [1.82, 2.24) is 10.6 Å². The molecule has 1 atom stereocenters. The number of hydrogen-bond acceptors (Lipinski definition) is 4. The first-order valence-corrected chi connectivity index (χ1v) is 10.2. The first-order valence-electron chi connectivity index (χ1n) is 10.2. The van der Waals surface area contributed by atoms with Gasteiger partial charge in [0.2, 0.25) is 5.91 Å². The monoisotopic (exact) mass is 538 g/mol. The molecule has 7 nitrogen and oxygen atoms in total. The minimum absolute atomic E-state index is 0. The van der Waals surface area contributed by atoms with Crippen LogP contribution in [0.4, 0.5) is 5.69 Å². The van der Waals surface area contributed by atoms with E-state index in [4.69, 9.17) is 9.47 Å². The van der Waals surface area contributed by atoms with Crippen molar-refractivity contribution in [3.63, 3.8) is 0 Å². The van der Waals surface area contributed by atoms with Crippen LogP contribution in [-0.2, 0) is 16.1 Å². The van der Waals surface area contributed by atoms with Crippen molar-refractivity contribution in [2.24, 2.45) is 4.99 Å². The number of amides is 1. The summed E-state index contributed by atoms with van der Waals surface area (Å²) >= 11 is 0. The van der Waals surface area contributed by atoms with Gasteiger partial charge in [-0.2, -0.15) is 0 Å². The zero-order chi connectivity index (χ0) is 21.2. The molecule has 0 saturated heterocycles. The maximum Gasteiger partial charge on any atom is 0.225 e. The topological polar surface area (TPSA) is 84.0 Å². The molecule has 1 amide bonds. The highest BCUT2D eigenvalue weighted by Crippen LogP contribution is 2.31. The quantitative estimate of drug-likeness (QED) is 0.197. The number of fused-ring (bicyclic) bond motifs is 1. The average molecular weight is 538 g/mol. The van der Waals surface area contributed by atoms with Crippen LogP contribution < -0.4 is 20.7 Å². The lowest BCUT2D eigenvalue weighted by molar-refractivity contribution is -0.116. The fourth-order valence-electron chi connectivity index (χ4n) is 3.42. The maximum absolute atomic E-state index is 12.0. The molecule has 0 spiro atoms. The van der Waals surface area contributed by atoms with E-state index in [1.807, 2.05) is 42.5 Å². The molecule has 0 aliphatic carbocycles. The number of hydrogen-bond donors (Lipinski definition) is 3. The van der Waals surface area contributed by atoms with Gasteiger partial charge in [0.05, 0.1) is 13.7 Å². The number of rotatable bonds is 9. The predicted octanol–water partition coefficient (Wildman–Crippen LogP) is 3.51. The zero-order valence-electron chi connectivity index (χ0n) is 18.0. The lowest BCUT2D eigenvalue weighted by Crippen LogP contribution is -2.41. The Bertz CT molecular complexity index is 858. The van der Waals surface area contributed by atoms with Gasteiger partial charge in [0, 0.05) is 44.8 Å². The minimum Gasteiger partial charge on any atom is -0.497 e. The van der Waals surface area contributed by atoms with Crippen LogP contribution in [0.1, 0.15) is 29.9 Å². The van der Waals surface area contributed by atoms with Crippen LogP contribution in [0.25, 0.3) is 0 Å². The lowest BCUT2D eigenvalue weighted by Gasteiger charge is -2.26. The van der Waals surface area contributed by atoms with Gasteiger partial charge in [-0.25, -0.2) is 0 Å². The summed E-state index contributed by atoms with van der Waals surface area (Å²) in [6, 6.07) is 15.8. The number of guanidine groups is 1. The Morgan fingerprint density at radius 3 is 2.68 bits per heavy atom. The Morgan fingerprint density at radius 2 is 1.94 bits per heavy atom. The smallest absolute Gasteiger partial charge is 0.225 e. The van der Waals surface area contributed by atoms with Crippen LogP contribution in [0.5, 0.6) is 5.75 Å². The van der Waals surface area contributed by atoms with Crippen molar-refractivity contribution in [2.75, 3.05) is 39.2 Å². The average Bonchev–Trinajstić information content (AvgIpc) is 2.78. The van der Waals surface area contributed by atoms with E-state index in [0.29, 0.717) is 26.2 Å². The van der Waals surface area contributed by atoms with Gasteiger partial charge in [-0.15, -0.1) is 24.0 Å². The van der Waals surface area contributed by atoms with E-state index < -0.39 is 0 Å². The predicted molar refractivity (Wildman–Crippen MR) is 134 cm³/mol. The van der Waals surface area contributed by atoms with Crippen molar-refractivity contribution in [3.8, 4) is 5.75 Å². The fourth-order valence-corrected chi connectivity index (χ4v) is 3.42. The summed E-state index contributed by atoms with van der Waals surface area (Å²) in [7, 11) is 3.41. The number of para-hydroxylation sites is 1. The van der Waals surface area contributed by atoms with Crippen molar-refractivity contribution in [3.05, 3.63) is 59.7 Å². The summed E-state index contributed by atoms with van der Waals surface area (Å²) in [4.78, 5) is 16.2. The number of carbonyl (C=O) groups excluding carboxylic acids is 1. The Hall–Kier alpha value is -2.33. The first-order chi connectivity index (χ1) is 14.7. The van der Waals surface area contributed by atoms with E-state index in [1.165, 1.54) is 0 Å². The third-order valence-corrected chi connectivity index (χ3v) is 5.03. The second-order valence-corrected chi connectivity index (χ2v) is 7.17.